The minimum atomic E-state index is 0.307. The fraction of sp³-hybridized carbons (Fsp3) is 0.545. The van der Waals surface area contributed by atoms with Gasteiger partial charge < -0.3 is 0 Å². The van der Waals surface area contributed by atoms with E-state index in [4.69, 9.17) is 6.42 Å². The maximum atomic E-state index is 5.32. The van der Waals surface area contributed by atoms with Gasteiger partial charge in [-0.2, -0.15) is 0 Å². The Kier molecular flexibility index (Phi) is 6.07. The van der Waals surface area contributed by atoms with Gasteiger partial charge in [-0.05, 0) is 46.3 Å². The molecule has 0 heteroatoms. The average molecular weight is 296 g/mol. The van der Waals surface area contributed by atoms with Crippen LogP contribution in [0.2, 0.25) is 0 Å². The first-order chi connectivity index (χ1) is 10.1. The molecular formula is C22H32. The van der Waals surface area contributed by atoms with Gasteiger partial charge in [0.1, 0.15) is 0 Å². The lowest BCUT2D eigenvalue weighted by Crippen LogP contribution is -2.30. The molecule has 1 aromatic rings. The highest BCUT2D eigenvalue weighted by atomic mass is 14.4. The van der Waals surface area contributed by atoms with Crippen molar-refractivity contribution in [2.24, 2.45) is 10.8 Å². The molecule has 22 heavy (non-hydrogen) atoms. The van der Waals surface area contributed by atoms with Crippen molar-refractivity contribution >= 4 is 5.57 Å². The van der Waals surface area contributed by atoms with E-state index in [1.54, 1.807) is 0 Å². The summed E-state index contributed by atoms with van der Waals surface area (Å²) in [6.45, 7) is 18.2. The summed E-state index contributed by atoms with van der Waals surface area (Å²) < 4.78 is 0. The molecule has 1 atom stereocenters. The van der Waals surface area contributed by atoms with Gasteiger partial charge in [-0.1, -0.05) is 72.4 Å². The van der Waals surface area contributed by atoms with Crippen LogP contribution in [0, 0.1) is 23.2 Å². The fourth-order valence-corrected chi connectivity index (χ4v) is 2.60. The molecule has 0 nitrogen and oxygen atoms in total. The predicted molar refractivity (Wildman–Crippen MR) is 99.8 cm³/mol. The normalized spacial score (nSPS) is 13.5. The van der Waals surface area contributed by atoms with Crippen molar-refractivity contribution < 1.29 is 0 Å². The van der Waals surface area contributed by atoms with Gasteiger partial charge in [0.25, 0.3) is 0 Å². The van der Waals surface area contributed by atoms with Crippen LogP contribution >= 0.6 is 0 Å². The van der Waals surface area contributed by atoms with Crippen molar-refractivity contribution in [3.05, 3.63) is 42.0 Å². The maximum absolute atomic E-state index is 5.32. The van der Waals surface area contributed by atoms with E-state index in [1.165, 1.54) is 17.5 Å². The van der Waals surface area contributed by atoms with Gasteiger partial charge in [-0.15, -0.1) is 12.3 Å². The van der Waals surface area contributed by atoms with Gasteiger partial charge in [0.05, 0.1) is 0 Å². The highest BCUT2D eigenvalue weighted by Crippen LogP contribution is 2.44. The Bertz CT molecular complexity index is 529. The summed E-state index contributed by atoms with van der Waals surface area (Å²) in [4.78, 5) is 0. The summed E-state index contributed by atoms with van der Waals surface area (Å²) in [6.07, 6.45) is 8.15. The first kappa shape index (κ1) is 18.6. The molecule has 120 valence electrons. The second-order valence-corrected chi connectivity index (χ2v) is 8.17. The summed E-state index contributed by atoms with van der Waals surface area (Å²) in [6, 6.07) is 8.88. The number of hydrogen-bond donors (Lipinski definition) is 0. The maximum Gasteiger partial charge on any atom is 0.0127 e. The Morgan fingerprint density at radius 1 is 1.14 bits per heavy atom. The van der Waals surface area contributed by atoms with Crippen LogP contribution in [0.3, 0.4) is 0 Å². The van der Waals surface area contributed by atoms with Crippen LogP contribution in [-0.4, -0.2) is 0 Å². The molecule has 1 rings (SSSR count). The van der Waals surface area contributed by atoms with Gasteiger partial charge in [0, 0.05) is 6.42 Å². The Balaban J connectivity index is 2.79. The topological polar surface area (TPSA) is 0 Å². The Hall–Kier alpha value is -1.48. The molecule has 0 saturated carbocycles. The molecule has 0 fully saturated rings. The first-order valence-electron chi connectivity index (χ1n) is 8.30. The van der Waals surface area contributed by atoms with Gasteiger partial charge in [-0.25, -0.2) is 0 Å². The summed E-state index contributed by atoms with van der Waals surface area (Å²) in [5.41, 5.74) is 4.37. The van der Waals surface area contributed by atoms with E-state index in [1.807, 2.05) is 0 Å². The van der Waals surface area contributed by atoms with Crippen LogP contribution in [0.1, 0.15) is 77.8 Å². The van der Waals surface area contributed by atoms with Crippen LogP contribution in [0.15, 0.2) is 30.8 Å². The zero-order valence-electron chi connectivity index (χ0n) is 15.3. The number of hydrogen-bond acceptors (Lipinski definition) is 0. The van der Waals surface area contributed by atoms with E-state index in [9.17, 15) is 0 Å². The monoisotopic (exact) mass is 296 g/mol. The van der Waals surface area contributed by atoms with Crippen LogP contribution in [0.5, 0.6) is 0 Å². The Labute approximate surface area is 138 Å². The lowest BCUT2D eigenvalue weighted by Gasteiger charge is -2.41. The third-order valence-corrected chi connectivity index (χ3v) is 5.31. The van der Waals surface area contributed by atoms with E-state index < -0.39 is 0 Å². The Morgan fingerprint density at radius 2 is 1.68 bits per heavy atom. The second-order valence-electron chi connectivity index (χ2n) is 8.17. The molecule has 0 aliphatic rings. The van der Waals surface area contributed by atoms with Crippen molar-refractivity contribution in [2.75, 3.05) is 0 Å². The highest BCUT2D eigenvalue weighted by molar-refractivity contribution is 5.63. The molecule has 1 aromatic carbocycles. The van der Waals surface area contributed by atoms with Gasteiger partial charge in [-0.3, -0.25) is 0 Å². The first-order valence-corrected chi connectivity index (χ1v) is 8.30. The molecule has 0 aliphatic carbocycles. The van der Waals surface area contributed by atoms with Crippen molar-refractivity contribution in [1.82, 2.24) is 0 Å². The zero-order chi connectivity index (χ0) is 17.0. The third kappa shape index (κ3) is 4.77. The van der Waals surface area contributed by atoms with E-state index in [0.29, 0.717) is 16.7 Å². The molecule has 0 amide bonds. The number of allylic oxidation sites excluding steroid dienone is 1. The van der Waals surface area contributed by atoms with E-state index in [2.05, 4.69) is 78.3 Å². The SMILES string of the molecule is C#CCCC(=C)c1ccc(C(C)CC(C)(C)C(C)(C)C)cc1. The van der Waals surface area contributed by atoms with Crippen molar-refractivity contribution in [2.45, 2.75) is 66.7 Å². The molecule has 0 heterocycles. The van der Waals surface area contributed by atoms with Gasteiger partial charge >= 0.3 is 0 Å². The molecule has 0 saturated heterocycles. The molecule has 0 spiro atoms. The lowest BCUT2D eigenvalue weighted by atomic mass is 9.64. The highest BCUT2D eigenvalue weighted by Gasteiger charge is 2.34. The minimum Gasteiger partial charge on any atom is -0.120 e. The van der Waals surface area contributed by atoms with Gasteiger partial charge in [0.2, 0.25) is 0 Å². The Morgan fingerprint density at radius 3 is 2.14 bits per heavy atom. The van der Waals surface area contributed by atoms with Crippen molar-refractivity contribution in [1.29, 1.82) is 0 Å². The quantitative estimate of drug-likeness (QED) is 0.514. The summed E-state index contributed by atoms with van der Waals surface area (Å²) >= 11 is 0. The van der Waals surface area contributed by atoms with Gasteiger partial charge in [0.15, 0.2) is 0 Å². The third-order valence-electron chi connectivity index (χ3n) is 5.31. The van der Waals surface area contributed by atoms with Crippen LogP contribution < -0.4 is 0 Å². The fourth-order valence-electron chi connectivity index (χ4n) is 2.60. The molecule has 0 bridgehead atoms. The van der Waals surface area contributed by atoms with E-state index >= 15 is 0 Å². The molecular weight excluding hydrogens is 264 g/mol. The predicted octanol–water partition coefficient (Wildman–Crippen LogP) is 6.68. The van der Waals surface area contributed by atoms with Crippen LogP contribution in [-0.2, 0) is 0 Å². The molecule has 0 N–H and O–H groups in total. The molecule has 1 unspecified atom stereocenters. The van der Waals surface area contributed by atoms with Crippen LogP contribution in [0.25, 0.3) is 5.57 Å². The summed E-state index contributed by atoms with van der Waals surface area (Å²) in [7, 11) is 0. The second kappa shape index (κ2) is 7.19. The lowest BCUT2D eigenvalue weighted by molar-refractivity contribution is 0.111. The van der Waals surface area contributed by atoms with Crippen LogP contribution in [0.4, 0.5) is 0 Å². The standard InChI is InChI=1S/C22H32/c1-9-10-11-17(2)19-12-14-20(15-13-19)18(3)16-22(7,8)21(4,5)6/h1,12-15,18H,2,10-11,16H2,3-8H3. The number of terminal acetylenes is 1. The zero-order valence-corrected chi connectivity index (χ0v) is 15.3. The van der Waals surface area contributed by atoms with E-state index in [-0.39, 0.29) is 0 Å². The number of rotatable bonds is 6. The number of benzene rings is 1. The van der Waals surface area contributed by atoms with E-state index in [0.717, 1.165) is 18.4 Å². The average Bonchev–Trinajstić information content (AvgIpc) is 2.43. The smallest absolute Gasteiger partial charge is 0.0127 e. The summed E-state index contributed by atoms with van der Waals surface area (Å²) in [5, 5.41) is 0. The molecule has 0 radical (unpaired) electrons. The largest absolute Gasteiger partial charge is 0.120 e. The van der Waals surface area contributed by atoms with Crippen molar-refractivity contribution in [3.8, 4) is 12.3 Å². The van der Waals surface area contributed by atoms with Crippen molar-refractivity contribution in [3.63, 3.8) is 0 Å². The summed E-state index contributed by atoms with van der Waals surface area (Å²) in [5.74, 6) is 3.23. The molecule has 0 aromatic heterocycles. The molecule has 0 aliphatic heterocycles. The minimum absolute atomic E-state index is 0.307.